The van der Waals surface area contributed by atoms with Gasteiger partial charge in [0.05, 0.1) is 5.02 Å². The van der Waals surface area contributed by atoms with Crippen LogP contribution < -0.4 is 4.74 Å². The highest BCUT2D eigenvalue weighted by molar-refractivity contribution is 6.38. The first-order valence-electron chi connectivity index (χ1n) is 3.54. The Bertz CT molecular complexity index is 365. The maximum absolute atomic E-state index is 10.2. The minimum atomic E-state index is -1.13. The number of rotatable bonds is 3. The third-order valence-corrected chi connectivity index (χ3v) is 2.05. The van der Waals surface area contributed by atoms with E-state index in [1.54, 1.807) is 0 Å². The van der Waals surface area contributed by atoms with Crippen molar-refractivity contribution < 1.29 is 19.7 Å². The van der Waals surface area contributed by atoms with E-state index in [0.717, 1.165) is 0 Å². The molecule has 0 aliphatic carbocycles. The van der Waals surface area contributed by atoms with Crippen molar-refractivity contribution in [3.05, 3.63) is 22.2 Å². The first-order valence-corrected chi connectivity index (χ1v) is 4.29. The number of phenols is 1. The Morgan fingerprint density at radius 2 is 2.07 bits per heavy atom. The monoisotopic (exact) mass is 236 g/mol. The second-order valence-electron chi connectivity index (χ2n) is 2.39. The normalized spacial score (nSPS) is 9.86. The standard InChI is InChI=1S/C8H6Cl2O4/c9-4-1-2-5(7(10)8(4)13)14-3-6(11)12/h1-2,13H,3H2,(H,11,12). The van der Waals surface area contributed by atoms with Crippen LogP contribution in [0.3, 0.4) is 0 Å². The van der Waals surface area contributed by atoms with E-state index >= 15 is 0 Å². The van der Waals surface area contributed by atoms with Crippen molar-refractivity contribution in [1.29, 1.82) is 0 Å². The summed E-state index contributed by atoms with van der Waals surface area (Å²) in [5.41, 5.74) is 0. The Morgan fingerprint density at radius 1 is 1.43 bits per heavy atom. The number of carbonyl (C=O) groups is 1. The Morgan fingerprint density at radius 3 is 2.64 bits per heavy atom. The van der Waals surface area contributed by atoms with E-state index in [1.165, 1.54) is 12.1 Å². The van der Waals surface area contributed by atoms with Gasteiger partial charge < -0.3 is 14.9 Å². The van der Waals surface area contributed by atoms with E-state index in [9.17, 15) is 9.90 Å². The van der Waals surface area contributed by atoms with Crippen LogP contribution in [0.25, 0.3) is 0 Å². The summed E-state index contributed by atoms with van der Waals surface area (Å²) in [6.07, 6.45) is 0. The zero-order valence-electron chi connectivity index (χ0n) is 6.83. The van der Waals surface area contributed by atoms with Crippen LogP contribution in [0, 0.1) is 0 Å². The molecule has 0 atom stereocenters. The van der Waals surface area contributed by atoms with Crippen molar-refractivity contribution in [2.45, 2.75) is 0 Å². The number of halogens is 2. The molecule has 76 valence electrons. The van der Waals surface area contributed by atoms with Crippen molar-refractivity contribution in [2.24, 2.45) is 0 Å². The predicted octanol–water partition coefficient (Wildman–Crippen LogP) is 2.16. The average molecular weight is 237 g/mol. The van der Waals surface area contributed by atoms with Crippen LogP contribution in [0.2, 0.25) is 10.0 Å². The highest BCUT2D eigenvalue weighted by Crippen LogP contribution is 2.38. The Hall–Kier alpha value is -1.13. The highest BCUT2D eigenvalue weighted by Gasteiger charge is 2.11. The summed E-state index contributed by atoms with van der Waals surface area (Å²) in [6, 6.07) is 2.74. The van der Waals surface area contributed by atoms with Gasteiger partial charge in [0.2, 0.25) is 0 Å². The van der Waals surface area contributed by atoms with E-state index in [0.29, 0.717) is 0 Å². The topological polar surface area (TPSA) is 66.8 Å². The number of carboxylic acids is 1. The van der Waals surface area contributed by atoms with Crippen LogP contribution in [0.1, 0.15) is 0 Å². The zero-order valence-corrected chi connectivity index (χ0v) is 8.34. The number of carboxylic acid groups (broad SMARTS) is 1. The molecule has 0 saturated heterocycles. The first-order chi connectivity index (χ1) is 6.52. The van der Waals surface area contributed by atoms with Crippen LogP contribution in [0.4, 0.5) is 0 Å². The number of benzene rings is 1. The average Bonchev–Trinajstić information content (AvgIpc) is 2.13. The van der Waals surface area contributed by atoms with Crippen LogP contribution in [-0.2, 0) is 4.79 Å². The van der Waals surface area contributed by atoms with Crippen molar-refractivity contribution in [3.63, 3.8) is 0 Å². The second-order valence-corrected chi connectivity index (χ2v) is 3.18. The van der Waals surface area contributed by atoms with E-state index in [2.05, 4.69) is 0 Å². The van der Waals surface area contributed by atoms with Crippen molar-refractivity contribution in [1.82, 2.24) is 0 Å². The molecule has 0 aliphatic heterocycles. The fraction of sp³-hybridized carbons (Fsp3) is 0.125. The predicted molar refractivity (Wildman–Crippen MR) is 51.3 cm³/mol. The van der Waals surface area contributed by atoms with Crippen LogP contribution in [-0.4, -0.2) is 22.8 Å². The molecule has 0 unspecified atom stereocenters. The van der Waals surface area contributed by atoms with Gasteiger partial charge in [0, 0.05) is 0 Å². The number of hydrogen-bond acceptors (Lipinski definition) is 3. The molecular formula is C8H6Cl2O4. The fourth-order valence-electron chi connectivity index (χ4n) is 0.773. The van der Waals surface area contributed by atoms with Gasteiger partial charge in [-0.2, -0.15) is 0 Å². The van der Waals surface area contributed by atoms with E-state index < -0.39 is 12.6 Å². The Balaban J connectivity index is 2.88. The molecule has 0 spiro atoms. The van der Waals surface area contributed by atoms with Crippen LogP contribution in [0.15, 0.2) is 12.1 Å². The molecule has 0 aliphatic rings. The van der Waals surface area contributed by atoms with E-state index in [1.807, 2.05) is 0 Å². The van der Waals surface area contributed by atoms with Crippen molar-refractivity contribution in [3.8, 4) is 11.5 Å². The van der Waals surface area contributed by atoms with Crippen molar-refractivity contribution in [2.75, 3.05) is 6.61 Å². The molecule has 4 nitrogen and oxygen atoms in total. The summed E-state index contributed by atoms with van der Waals surface area (Å²) < 4.78 is 4.78. The van der Waals surface area contributed by atoms with Gasteiger partial charge in [-0.15, -0.1) is 0 Å². The summed E-state index contributed by atoms with van der Waals surface area (Å²) in [6.45, 7) is -0.527. The Labute approximate surface area is 89.6 Å². The molecule has 0 fully saturated rings. The van der Waals surface area contributed by atoms with Crippen LogP contribution in [0.5, 0.6) is 11.5 Å². The second kappa shape index (κ2) is 4.39. The van der Waals surface area contributed by atoms with Gasteiger partial charge in [-0.1, -0.05) is 23.2 Å². The lowest BCUT2D eigenvalue weighted by molar-refractivity contribution is -0.139. The third kappa shape index (κ3) is 2.43. The molecule has 0 bridgehead atoms. The fourth-order valence-corrected chi connectivity index (χ4v) is 1.20. The number of aromatic hydroxyl groups is 1. The lowest BCUT2D eigenvalue weighted by Crippen LogP contribution is -2.09. The maximum atomic E-state index is 10.2. The maximum Gasteiger partial charge on any atom is 0.341 e. The quantitative estimate of drug-likeness (QED) is 0.845. The molecular weight excluding hydrogens is 231 g/mol. The van der Waals surface area contributed by atoms with Gasteiger partial charge in [-0.05, 0) is 12.1 Å². The van der Waals surface area contributed by atoms with Gasteiger partial charge in [-0.3, -0.25) is 0 Å². The Kier molecular flexibility index (Phi) is 3.43. The van der Waals surface area contributed by atoms with Crippen LogP contribution >= 0.6 is 23.2 Å². The summed E-state index contributed by atoms with van der Waals surface area (Å²) in [5.74, 6) is -1.37. The molecule has 0 radical (unpaired) electrons. The van der Waals surface area contributed by atoms with Gasteiger partial charge in [-0.25, -0.2) is 4.79 Å². The molecule has 0 amide bonds. The molecule has 14 heavy (non-hydrogen) atoms. The summed E-state index contributed by atoms with van der Waals surface area (Å²) >= 11 is 11.2. The first kappa shape index (κ1) is 10.9. The molecule has 2 N–H and O–H groups in total. The number of phenolic OH excluding ortho intramolecular Hbond substituents is 1. The van der Waals surface area contributed by atoms with Gasteiger partial charge in [0.15, 0.2) is 12.4 Å². The molecule has 1 aromatic rings. The van der Waals surface area contributed by atoms with E-state index in [-0.39, 0.29) is 21.5 Å². The number of ether oxygens (including phenoxy) is 1. The van der Waals surface area contributed by atoms with Gasteiger partial charge >= 0.3 is 5.97 Å². The SMILES string of the molecule is O=C(O)COc1ccc(Cl)c(O)c1Cl. The molecule has 1 aromatic carbocycles. The summed E-state index contributed by atoms with van der Waals surface area (Å²) in [4.78, 5) is 10.2. The minimum absolute atomic E-state index is 0.0796. The summed E-state index contributed by atoms with van der Waals surface area (Å²) in [5, 5.41) is 17.6. The minimum Gasteiger partial charge on any atom is -0.505 e. The molecule has 1 rings (SSSR count). The highest BCUT2D eigenvalue weighted by atomic mass is 35.5. The zero-order chi connectivity index (χ0) is 10.7. The lowest BCUT2D eigenvalue weighted by Gasteiger charge is -2.07. The van der Waals surface area contributed by atoms with E-state index in [4.69, 9.17) is 33.0 Å². The third-order valence-electron chi connectivity index (χ3n) is 1.38. The molecule has 0 heterocycles. The van der Waals surface area contributed by atoms with Crippen molar-refractivity contribution >= 4 is 29.2 Å². The smallest absolute Gasteiger partial charge is 0.341 e. The van der Waals surface area contributed by atoms with Gasteiger partial charge in [0.25, 0.3) is 0 Å². The lowest BCUT2D eigenvalue weighted by atomic mass is 10.3. The summed E-state index contributed by atoms with van der Waals surface area (Å²) in [7, 11) is 0. The number of aliphatic carboxylic acids is 1. The molecule has 0 aromatic heterocycles. The number of hydrogen-bond donors (Lipinski definition) is 2. The molecule has 0 saturated carbocycles. The molecule has 6 heteroatoms. The van der Waals surface area contributed by atoms with Gasteiger partial charge in [0.1, 0.15) is 10.8 Å². The largest absolute Gasteiger partial charge is 0.505 e.